The van der Waals surface area contributed by atoms with Gasteiger partial charge in [0, 0.05) is 50.6 Å². The van der Waals surface area contributed by atoms with Crippen LogP contribution in [-0.2, 0) is 27.6 Å². The lowest BCUT2D eigenvalue weighted by Crippen LogP contribution is -2.43. The molecule has 0 aliphatic carbocycles. The second-order valence-corrected chi connectivity index (χ2v) is 10.2. The first-order chi connectivity index (χ1) is 15.4. The molecule has 0 spiro atoms. The lowest BCUT2D eigenvalue weighted by Gasteiger charge is -2.38. The summed E-state index contributed by atoms with van der Waals surface area (Å²) in [5, 5.41) is 14.5. The minimum Gasteiger partial charge on any atom is -0.385 e. The van der Waals surface area contributed by atoms with Crippen LogP contribution in [0.2, 0.25) is 0 Å². The van der Waals surface area contributed by atoms with Crippen molar-refractivity contribution in [3.63, 3.8) is 0 Å². The quantitative estimate of drug-likeness (QED) is 0.719. The summed E-state index contributed by atoms with van der Waals surface area (Å²) < 4.78 is 45.3. The number of ether oxygens (including phenoxy) is 1. The highest BCUT2D eigenvalue weighted by Crippen LogP contribution is 2.36. The third-order valence-electron chi connectivity index (χ3n) is 6.51. The number of aryl methyl sites for hydroxylation is 1. The van der Waals surface area contributed by atoms with Gasteiger partial charge in [0.1, 0.15) is 22.3 Å². The maximum absolute atomic E-state index is 13.7. The first-order valence-corrected chi connectivity index (χ1v) is 12.3. The van der Waals surface area contributed by atoms with Crippen molar-refractivity contribution in [3.05, 3.63) is 41.1 Å². The zero-order valence-electron chi connectivity index (χ0n) is 17.6. The van der Waals surface area contributed by atoms with Crippen molar-refractivity contribution >= 4 is 22.6 Å². The van der Waals surface area contributed by atoms with Gasteiger partial charge >= 0.3 is 0 Å². The molecule has 2 fully saturated rings. The average molecular weight is 465 g/mol. The molecule has 3 aliphatic rings. The van der Waals surface area contributed by atoms with Crippen molar-refractivity contribution in [2.45, 2.75) is 48.6 Å². The second kappa shape index (κ2) is 8.64. The Balaban J connectivity index is 1.37. The number of halogens is 2. The molecule has 0 bridgehead atoms. The summed E-state index contributed by atoms with van der Waals surface area (Å²) in [7, 11) is -1.12. The SMILES string of the molecule is O=S1CCc2nc(N3CCC(O)(c4cc(F)cc(F)c4)CC3)nc(NC3CCOCC3)c21. The Morgan fingerprint density at radius 3 is 2.50 bits per heavy atom. The van der Waals surface area contributed by atoms with Crippen molar-refractivity contribution in [2.75, 3.05) is 42.3 Å². The van der Waals surface area contributed by atoms with Gasteiger partial charge in [-0.3, -0.25) is 4.21 Å². The fourth-order valence-electron chi connectivity index (χ4n) is 4.65. The van der Waals surface area contributed by atoms with Gasteiger partial charge in [-0.2, -0.15) is 4.98 Å². The van der Waals surface area contributed by atoms with E-state index in [1.165, 1.54) is 12.1 Å². The first-order valence-electron chi connectivity index (χ1n) is 11.0. The highest BCUT2D eigenvalue weighted by molar-refractivity contribution is 7.85. The van der Waals surface area contributed by atoms with E-state index in [4.69, 9.17) is 9.72 Å². The maximum Gasteiger partial charge on any atom is 0.227 e. The van der Waals surface area contributed by atoms with Crippen LogP contribution in [0.4, 0.5) is 20.5 Å². The number of aromatic nitrogens is 2. The first kappa shape index (κ1) is 21.7. The van der Waals surface area contributed by atoms with Crippen LogP contribution in [0.5, 0.6) is 0 Å². The number of benzene rings is 1. The summed E-state index contributed by atoms with van der Waals surface area (Å²) in [6.07, 6.45) is 2.96. The molecule has 1 aromatic heterocycles. The summed E-state index contributed by atoms with van der Waals surface area (Å²) in [5.41, 5.74) is -0.251. The van der Waals surface area contributed by atoms with E-state index in [2.05, 4.69) is 10.3 Å². The molecular weight excluding hydrogens is 438 g/mol. The molecule has 10 heteroatoms. The fourth-order valence-corrected chi connectivity index (χ4v) is 5.96. The number of nitrogens with zero attached hydrogens (tertiary/aromatic N) is 3. The van der Waals surface area contributed by atoms with Gasteiger partial charge in [-0.05, 0) is 43.4 Å². The third-order valence-corrected chi connectivity index (χ3v) is 7.97. The lowest BCUT2D eigenvalue weighted by molar-refractivity contribution is 0.0109. The fraction of sp³-hybridized carbons (Fsp3) is 0.545. The average Bonchev–Trinajstić information content (AvgIpc) is 3.15. The zero-order valence-corrected chi connectivity index (χ0v) is 18.5. The third kappa shape index (κ3) is 4.23. The lowest BCUT2D eigenvalue weighted by atomic mass is 9.84. The molecule has 2 N–H and O–H groups in total. The Kier molecular flexibility index (Phi) is 5.85. The molecule has 0 radical (unpaired) electrons. The van der Waals surface area contributed by atoms with E-state index in [9.17, 15) is 18.1 Å². The van der Waals surface area contributed by atoms with Crippen molar-refractivity contribution < 1.29 is 22.8 Å². The van der Waals surface area contributed by atoms with E-state index >= 15 is 0 Å². The van der Waals surface area contributed by atoms with Crippen LogP contribution in [0.25, 0.3) is 0 Å². The largest absolute Gasteiger partial charge is 0.385 e. The molecule has 1 unspecified atom stereocenters. The molecule has 1 atom stereocenters. The number of piperidine rings is 1. The highest BCUT2D eigenvalue weighted by Gasteiger charge is 2.36. The molecule has 2 aromatic rings. The number of hydrogen-bond donors (Lipinski definition) is 2. The topological polar surface area (TPSA) is 87.6 Å². The summed E-state index contributed by atoms with van der Waals surface area (Å²) in [6.45, 7) is 2.25. The van der Waals surface area contributed by atoms with E-state index in [0.717, 1.165) is 24.6 Å². The number of anilines is 2. The molecule has 2 saturated heterocycles. The predicted molar refractivity (Wildman–Crippen MR) is 116 cm³/mol. The van der Waals surface area contributed by atoms with Crippen LogP contribution in [0.3, 0.4) is 0 Å². The number of fused-ring (bicyclic) bond motifs is 1. The Morgan fingerprint density at radius 1 is 1.12 bits per heavy atom. The van der Waals surface area contributed by atoms with E-state index in [1.807, 2.05) is 4.90 Å². The molecule has 32 heavy (non-hydrogen) atoms. The van der Waals surface area contributed by atoms with E-state index in [-0.39, 0.29) is 11.6 Å². The molecular formula is C22H26F2N4O3S. The Labute approximate surface area is 187 Å². The van der Waals surface area contributed by atoms with Crippen molar-refractivity contribution in [3.8, 4) is 0 Å². The summed E-state index contributed by atoms with van der Waals surface area (Å²) >= 11 is 0. The van der Waals surface area contributed by atoms with Crippen LogP contribution in [0.15, 0.2) is 23.1 Å². The van der Waals surface area contributed by atoms with Crippen molar-refractivity contribution in [1.82, 2.24) is 9.97 Å². The molecule has 4 heterocycles. The van der Waals surface area contributed by atoms with Gasteiger partial charge in [0.15, 0.2) is 0 Å². The highest BCUT2D eigenvalue weighted by atomic mass is 32.2. The standard InChI is InChI=1S/C22H26F2N4O3S/c23-15-11-14(12-16(24)13-15)22(29)4-6-28(7-5-22)21-26-18-3-10-32(30)19(18)20(27-21)25-17-1-8-31-9-2-17/h11-13,17,29H,1-10H2,(H,25,26,27). The Bertz CT molecular complexity index is 1020. The maximum atomic E-state index is 13.7. The van der Waals surface area contributed by atoms with E-state index in [1.54, 1.807) is 0 Å². The molecule has 0 amide bonds. The van der Waals surface area contributed by atoms with Crippen LogP contribution >= 0.6 is 0 Å². The number of nitrogens with one attached hydrogen (secondary N) is 1. The zero-order chi connectivity index (χ0) is 22.3. The number of hydrogen-bond acceptors (Lipinski definition) is 7. The van der Waals surface area contributed by atoms with Gasteiger partial charge in [0.05, 0.1) is 22.1 Å². The molecule has 0 saturated carbocycles. The molecule has 3 aliphatic heterocycles. The minimum atomic E-state index is -1.30. The minimum absolute atomic E-state index is 0.211. The van der Waals surface area contributed by atoms with Gasteiger partial charge in [-0.15, -0.1) is 0 Å². The van der Waals surface area contributed by atoms with E-state index in [0.29, 0.717) is 68.0 Å². The van der Waals surface area contributed by atoms with Crippen LogP contribution < -0.4 is 10.2 Å². The molecule has 5 rings (SSSR count). The van der Waals surface area contributed by atoms with Crippen LogP contribution in [0, 0.1) is 11.6 Å². The molecule has 1 aromatic carbocycles. The predicted octanol–water partition coefficient (Wildman–Crippen LogP) is 2.50. The summed E-state index contributed by atoms with van der Waals surface area (Å²) in [4.78, 5) is 12.1. The smallest absolute Gasteiger partial charge is 0.227 e. The van der Waals surface area contributed by atoms with Gasteiger partial charge in [-0.1, -0.05) is 0 Å². The van der Waals surface area contributed by atoms with Gasteiger partial charge in [-0.25, -0.2) is 13.8 Å². The monoisotopic (exact) mass is 464 g/mol. The van der Waals surface area contributed by atoms with Gasteiger partial charge < -0.3 is 20.1 Å². The summed E-state index contributed by atoms with van der Waals surface area (Å²) in [6, 6.07) is 3.39. The van der Waals surface area contributed by atoms with Gasteiger partial charge in [0.25, 0.3) is 0 Å². The van der Waals surface area contributed by atoms with Crippen molar-refractivity contribution in [1.29, 1.82) is 0 Å². The Hall–Kier alpha value is -2.17. The molecule has 172 valence electrons. The molecule has 7 nitrogen and oxygen atoms in total. The van der Waals surface area contributed by atoms with Gasteiger partial charge in [0.2, 0.25) is 5.95 Å². The second-order valence-electron chi connectivity index (χ2n) is 8.66. The van der Waals surface area contributed by atoms with E-state index < -0.39 is 28.0 Å². The van der Waals surface area contributed by atoms with Crippen molar-refractivity contribution in [2.24, 2.45) is 0 Å². The summed E-state index contributed by atoms with van der Waals surface area (Å²) in [5.74, 6) is 0.301. The number of aliphatic hydroxyl groups is 1. The number of rotatable bonds is 4. The Morgan fingerprint density at radius 2 is 1.81 bits per heavy atom. The van der Waals surface area contributed by atoms with Crippen LogP contribution in [0.1, 0.15) is 36.9 Å². The van der Waals surface area contributed by atoms with Crippen LogP contribution in [-0.4, -0.2) is 57.4 Å². The normalized spacial score (nSPS) is 23.2.